The molecule has 0 spiro atoms. The van der Waals surface area contributed by atoms with Gasteiger partial charge in [-0.3, -0.25) is 4.79 Å². The van der Waals surface area contributed by atoms with Crippen molar-refractivity contribution >= 4 is 21.8 Å². The van der Waals surface area contributed by atoms with Crippen LogP contribution >= 0.6 is 0 Å². The van der Waals surface area contributed by atoms with Crippen LogP contribution in [0.25, 0.3) is 0 Å². The van der Waals surface area contributed by atoms with Crippen molar-refractivity contribution in [1.82, 2.24) is 0 Å². The van der Waals surface area contributed by atoms with Gasteiger partial charge in [-0.15, -0.1) is 0 Å². The summed E-state index contributed by atoms with van der Waals surface area (Å²) < 4.78 is 28.6. The average Bonchev–Trinajstić information content (AvgIpc) is 2.59. The number of carbonyl (C=O) groups is 2. The van der Waals surface area contributed by atoms with Gasteiger partial charge in [0.2, 0.25) is 0 Å². The lowest BCUT2D eigenvalue weighted by atomic mass is 9.76. The van der Waals surface area contributed by atoms with Gasteiger partial charge in [0, 0.05) is 0 Å². The number of carbonyl (C=O) groups excluding carboxylic acids is 1. The Kier molecular flexibility index (Phi) is 8.19. The third-order valence-electron chi connectivity index (χ3n) is 4.94. The molecule has 0 bridgehead atoms. The smallest absolute Gasteiger partial charge is 0.337 e. The first-order valence-corrected chi connectivity index (χ1v) is 10.9. The highest BCUT2D eigenvalue weighted by molar-refractivity contribution is 7.91. The van der Waals surface area contributed by atoms with E-state index in [0.717, 1.165) is 0 Å². The Morgan fingerprint density at radius 2 is 1.79 bits per heavy atom. The quantitative estimate of drug-likeness (QED) is 0.534. The molecule has 8 heteroatoms. The Labute approximate surface area is 166 Å². The Balaban J connectivity index is 2.94. The lowest BCUT2D eigenvalue weighted by Crippen LogP contribution is -2.33. The summed E-state index contributed by atoms with van der Waals surface area (Å²) in [7, 11) is -2.10. The minimum Gasteiger partial charge on any atom is -0.481 e. The molecule has 1 aromatic carbocycles. The summed E-state index contributed by atoms with van der Waals surface area (Å²) in [6.45, 7) is 4.82. The zero-order valence-corrected chi connectivity index (χ0v) is 17.7. The highest BCUT2D eigenvalue weighted by Crippen LogP contribution is 2.34. The van der Waals surface area contributed by atoms with Crippen LogP contribution in [0.4, 0.5) is 0 Å². The molecule has 0 aliphatic rings. The van der Waals surface area contributed by atoms with E-state index in [4.69, 9.17) is 9.84 Å². The summed E-state index contributed by atoms with van der Waals surface area (Å²) in [5, 5.41) is 18.7. The van der Waals surface area contributed by atoms with Crippen molar-refractivity contribution in [2.75, 3.05) is 25.2 Å². The van der Waals surface area contributed by atoms with Crippen molar-refractivity contribution in [1.29, 1.82) is 0 Å². The highest BCUT2D eigenvalue weighted by atomic mass is 32.2. The first-order valence-electron chi connectivity index (χ1n) is 9.10. The molecule has 1 rings (SSSR count). The molecule has 158 valence electrons. The summed E-state index contributed by atoms with van der Waals surface area (Å²) in [6.07, 6.45) is 1.29. The number of esters is 1. The van der Waals surface area contributed by atoms with Crippen molar-refractivity contribution < 1.29 is 33.0 Å². The van der Waals surface area contributed by atoms with E-state index in [9.17, 15) is 23.1 Å². The van der Waals surface area contributed by atoms with E-state index in [0.29, 0.717) is 18.4 Å². The molecule has 0 amide bonds. The van der Waals surface area contributed by atoms with E-state index in [1.54, 1.807) is 25.1 Å². The van der Waals surface area contributed by atoms with E-state index in [-0.39, 0.29) is 23.5 Å². The summed E-state index contributed by atoms with van der Waals surface area (Å²) in [5.41, 5.74) is -0.984. The first-order chi connectivity index (χ1) is 12.9. The van der Waals surface area contributed by atoms with Gasteiger partial charge >= 0.3 is 11.9 Å². The van der Waals surface area contributed by atoms with Crippen molar-refractivity contribution in [3.63, 3.8) is 0 Å². The van der Waals surface area contributed by atoms with Crippen LogP contribution in [0, 0.1) is 5.41 Å². The second kappa shape index (κ2) is 9.52. The lowest BCUT2D eigenvalue weighted by Gasteiger charge is -2.29. The molecule has 0 aromatic heterocycles. The van der Waals surface area contributed by atoms with Gasteiger partial charge in [0.05, 0.1) is 36.2 Å². The molecule has 2 N–H and O–H groups in total. The summed E-state index contributed by atoms with van der Waals surface area (Å²) in [6, 6.07) is 6.37. The molecule has 1 unspecified atom stereocenters. The molecular weight excluding hydrogens is 384 g/mol. The molecular formula is C20H30O7S. The Morgan fingerprint density at radius 3 is 2.32 bits per heavy atom. The number of ether oxygens (including phenoxy) is 1. The van der Waals surface area contributed by atoms with Gasteiger partial charge in [-0.25, -0.2) is 13.2 Å². The third kappa shape index (κ3) is 6.60. The van der Waals surface area contributed by atoms with Crippen molar-refractivity contribution in [2.24, 2.45) is 5.41 Å². The minimum atomic E-state index is -3.36. The summed E-state index contributed by atoms with van der Waals surface area (Å²) in [4.78, 5) is 23.8. The van der Waals surface area contributed by atoms with Gasteiger partial charge in [-0.2, -0.15) is 0 Å². The standard InChI is InChI=1S/C20H30O7S/c1-19(2,14-28(25,26)12-11-21)9-6-10-20(3,18(23)24)16-8-5-7-15(13-16)17(22)27-4/h5,7-8,13,21H,6,9-12,14H2,1-4H3,(H,23,24). The van der Waals surface area contributed by atoms with Crippen molar-refractivity contribution in [3.8, 4) is 0 Å². The summed E-state index contributed by atoms with van der Waals surface area (Å²) in [5.74, 6) is -1.89. The first kappa shape index (κ1) is 24.1. The zero-order valence-electron chi connectivity index (χ0n) is 16.9. The van der Waals surface area contributed by atoms with Crippen LogP contribution in [-0.2, 0) is 24.8 Å². The Hall–Kier alpha value is -1.93. The second-order valence-electron chi connectivity index (χ2n) is 8.04. The number of methoxy groups -OCH3 is 1. The number of benzene rings is 1. The SMILES string of the molecule is COC(=O)c1cccc(C(C)(CCCC(C)(C)CS(=O)(=O)CCO)C(=O)O)c1. The molecule has 0 heterocycles. The fraction of sp³-hybridized carbons (Fsp3) is 0.600. The summed E-state index contributed by atoms with van der Waals surface area (Å²) >= 11 is 0. The largest absolute Gasteiger partial charge is 0.481 e. The number of sulfone groups is 1. The topological polar surface area (TPSA) is 118 Å². The lowest BCUT2D eigenvalue weighted by molar-refractivity contribution is -0.143. The van der Waals surface area contributed by atoms with Gasteiger partial charge in [0.1, 0.15) is 0 Å². The van der Waals surface area contributed by atoms with Gasteiger partial charge < -0.3 is 14.9 Å². The van der Waals surface area contributed by atoms with Crippen LogP contribution in [0.5, 0.6) is 0 Å². The van der Waals surface area contributed by atoms with Gasteiger partial charge in [0.15, 0.2) is 9.84 Å². The van der Waals surface area contributed by atoms with Crippen LogP contribution < -0.4 is 0 Å². The van der Waals surface area contributed by atoms with Gasteiger partial charge in [-0.05, 0) is 42.9 Å². The fourth-order valence-corrected chi connectivity index (χ4v) is 5.04. The monoisotopic (exact) mass is 414 g/mol. The molecule has 0 radical (unpaired) electrons. The number of carboxylic acids is 1. The maximum atomic E-state index is 12.0. The number of aliphatic carboxylic acids is 1. The maximum absolute atomic E-state index is 12.0. The predicted molar refractivity (Wildman–Crippen MR) is 106 cm³/mol. The minimum absolute atomic E-state index is 0.0673. The Morgan fingerprint density at radius 1 is 1.14 bits per heavy atom. The molecule has 1 atom stereocenters. The highest BCUT2D eigenvalue weighted by Gasteiger charge is 2.36. The molecule has 0 aliphatic carbocycles. The van der Waals surface area contributed by atoms with Gasteiger partial charge in [0.25, 0.3) is 0 Å². The number of rotatable bonds is 11. The number of hydrogen-bond donors (Lipinski definition) is 2. The fourth-order valence-electron chi connectivity index (χ4n) is 3.28. The van der Waals surface area contributed by atoms with Crippen LogP contribution in [0.1, 0.15) is 56.0 Å². The van der Waals surface area contributed by atoms with E-state index in [2.05, 4.69) is 0 Å². The maximum Gasteiger partial charge on any atom is 0.337 e. The molecule has 0 aliphatic heterocycles. The number of hydrogen-bond acceptors (Lipinski definition) is 6. The van der Waals surface area contributed by atoms with Crippen LogP contribution in [0.3, 0.4) is 0 Å². The average molecular weight is 415 g/mol. The van der Waals surface area contributed by atoms with Crippen LogP contribution in [0.15, 0.2) is 24.3 Å². The molecule has 7 nitrogen and oxygen atoms in total. The molecule has 1 aromatic rings. The normalized spacial score (nSPS) is 14.3. The number of carboxylic acid groups (broad SMARTS) is 1. The van der Waals surface area contributed by atoms with Crippen molar-refractivity contribution in [3.05, 3.63) is 35.4 Å². The third-order valence-corrected chi connectivity index (χ3v) is 6.96. The predicted octanol–water partition coefficient (Wildman–Crippen LogP) is 2.42. The number of aliphatic hydroxyl groups is 1. The van der Waals surface area contributed by atoms with Crippen LogP contribution in [0.2, 0.25) is 0 Å². The second-order valence-corrected chi connectivity index (χ2v) is 10.2. The van der Waals surface area contributed by atoms with E-state index in [1.165, 1.54) is 13.2 Å². The van der Waals surface area contributed by atoms with Gasteiger partial charge in [-0.1, -0.05) is 32.4 Å². The number of aliphatic hydroxyl groups excluding tert-OH is 1. The molecule has 28 heavy (non-hydrogen) atoms. The zero-order chi connectivity index (χ0) is 21.6. The molecule has 0 fully saturated rings. The Bertz CT molecular complexity index is 799. The van der Waals surface area contributed by atoms with E-state index in [1.807, 2.05) is 13.8 Å². The van der Waals surface area contributed by atoms with Crippen LogP contribution in [-0.4, -0.2) is 55.8 Å². The van der Waals surface area contributed by atoms with E-state index >= 15 is 0 Å². The van der Waals surface area contributed by atoms with Crippen molar-refractivity contribution in [2.45, 2.75) is 45.4 Å². The van der Waals surface area contributed by atoms with E-state index < -0.39 is 39.2 Å². The molecule has 0 saturated heterocycles. The molecule has 0 saturated carbocycles.